The van der Waals surface area contributed by atoms with E-state index in [0.717, 1.165) is 37.3 Å². The van der Waals surface area contributed by atoms with E-state index in [-0.39, 0.29) is 17.0 Å². The Morgan fingerprint density at radius 2 is 2.35 bits per heavy atom. The number of urea groups is 1. The Kier molecular flexibility index (Phi) is 2.60. The third-order valence-corrected chi connectivity index (χ3v) is 6.07. The molecule has 2 saturated carbocycles. The van der Waals surface area contributed by atoms with Gasteiger partial charge in [-0.2, -0.15) is 0 Å². The molecule has 0 bridgehead atoms. The van der Waals surface area contributed by atoms with Gasteiger partial charge in [-0.25, -0.2) is 9.78 Å². The molecule has 2 aliphatic carbocycles. The third kappa shape index (κ3) is 1.84. The number of nitrogens with zero attached hydrogens (tertiary/aromatic N) is 2. The Hall–Kier alpha value is -2.08. The second-order valence-corrected chi connectivity index (χ2v) is 7.13. The van der Waals surface area contributed by atoms with Crippen LogP contribution in [0.15, 0.2) is 30.7 Å². The number of nitrogens with one attached hydrogen (secondary N) is 2. The molecule has 5 rings (SSSR count). The van der Waals surface area contributed by atoms with E-state index < -0.39 is 0 Å². The molecule has 0 unspecified atom stereocenters. The maximum atomic E-state index is 12.2. The van der Waals surface area contributed by atoms with Crippen LogP contribution in [-0.4, -0.2) is 34.2 Å². The summed E-state index contributed by atoms with van der Waals surface area (Å²) in [5, 5.41) is 5.97. The SMILES string of the molecule is O=C(NC[C@]12C[C@H]1COC21CCC1)Nc1ccc2nccn2c1. The number of fused-ring (bicyclic) bond motifs is 3. The summed E-state index contributed by atoms with van der Waals surface area (Å²) in [6.45, 7) is 1.59. The zero-order chi connectivity index (χ0) is 15.5. The Bertz CT molecular complexity index is 782. The molecule has 1 aliphatic heterocycles. The first kappa shape index (κ1) is 13.4. The predicted octanol–water partition coefficient (Wildman–Crippen LogP) is 2.42. The average molecular weight is 312 g/mol. The fourth-order valence-corrected chi connectivity index (χ4v) is 4.49. The summed E-state index contributed by atoms with van der Waals surface area (Å²) in [5.74, 6) is 0.644. The predicted molar refractivity (Wildman–Crippen MR) is 85.3 cm³/mol. The van der Waals surface area contributed by atoms with E-state index in [0.29, 0.717) is 5.92 Å². The summed E-state index contributed by atoms with van der Waals surface area (Å²) in [4.78, 5) is 16.4. The number of aromatic nitrogens is 2. The van der Waals surface area contributed by atoms with Gasteiger partial charge in [0.05, 0.1) is 17.9 Å². The summed E-state index contributed by atoms with van der Waals surface area (Å²) in [7, 11) is 0. The van der Waals surface area contributed by atoms with Gasteiger partial charge in [0.1, 0.15) is 5.65 Å². The molecule has 0 radical (unpaired) electrons. The van der Waals surface area contributed by atoms with Crippen LogP contribution in [0.25, 0.3) is 5.65 Å². The lowest BCUT2D eigenvalue weighted by Crippen LogP contribution is -2.51. The average Bonchev–Trinajstić information content (AvgIpc) is 2.90. The topological polar surface area (TPSA) is 67.7 Å². The van der Waals surface area contributed by atoms with Gasteiger partial charge in [-0.05, 0) is 43.7 Å². The highest BCUT2D eigenvalue weighted by Crippen LogP contribution is 2.70. The van der Waals surface area contributed by atoms with Gasteiger partial charge in [0.2, 0.25) is 0 Å². The van der Waals surface area contributed by atoms with Crippen molar-refractivity contribution in [2.75, 3.05) is 18.5 Å². The molecule has 3 aliphatic rings. The highest BCUT2D eigenvalue weighted by atomic mass is 16.5. The standard InChI is InChI=1S/C17H20N4O2/c22-15(20-13-2-3-14-18-6-7-21(14)9-13)19-11-16-8-12(16)10-23-17(16)4-1-5-17/h2-3,6-7,9,12H,1,4-5,8,10-11H2,(H2,19,20,22)/t12-,16+/m0/s1. The summed E-state index contributed by atoms with van der Waals surface area (Å²) in [6.07, 6.45) is 10.2. The molecule has 2 aromatic rings. The number of anilines is 1. The van der Waals surface area contributed by atoms with Crippen LogP contribution < -0.4 is 10.6 Å². The van der Waals surface area contributed by atoms with E-state index in [9.17, 15) is 4.79 Å². The molecule has 2 N–H and O–H groups in total. The van der Waals surface area contributed by atoms with Crippen LogP contribution in [-0.2, 0) is 4.74 Å². The molecule has 2 aromatic heterocycles. The van der Waals surface area contributed by atoms with Crippen LogP contribution in [0.4, 0.5) is 10.5 Å². The number of carbonyl (C=O) groups is 1. The van der Waals surface area contributed by atoms with Crippen LogP contribution in [0.2, 0.25) is 0 Å². The molecule has 2 atom stereocenters. The van der Waals surface area contributed by atoms with Crippen molar-refractivity contribution in [3.8, 4) is 0 Å². The van der Waals surface area contributed by atoms with Crippen molar-refractivity contribution in [1.82, 2.24) is 14.7 Å². The van der Waals surface area contributed by atoms with Crippen molar-refractivity contribution in [2.24, 2.45) is 11.3 Å². The molecule has 2 amide bonds. The molecule has 120 valence electrons. The fourth-order valence-electron chi connectivity index (χ4n) is 4.49. The second-order valence-electron chi connectivity index (χ2n) is 7.13. The van der Waals surface area contributed by atoms with Crippen LogP contribution in [0.3, 0.4) is 0 Å². The summed E-state index contributed by atoms with van der Waals surface area (Å²) >= 11 is 0. The van der Waals surface area contributed by atoms with Gasteiger partial charge in [0.25, 0.3) is 0 Å². The summed E-state index contributed by atoms with van der Waals surface area (Å²) < 4.78 is 7.94. The van der Waals surface area contributed by atoms with Crippen molar-refractivity contribution in [1.29, 1.82) is 0 Å². The molecule has 3 fully saturated rings. The van der Waals surface area contributed by atoms with Gasteiger partial charge in [0.15, 0.2) is 0 Å². The lowest BCUT2D eigenvalue weighted by atomic mass is 9.68. The molecule has 3 heterocycles. The Morgan fingerprint density at radius 1 is 1.43 bits per heavy atom. The molecule has 6 nitrogen and oxygen atoms in total. The highest BCUT2D eigenvalue weighted by molar-refractivity contribution is 5.89. The van der Waals surface area contributed by atoms with Crippen molar-refractivity contribution >= 4 is 17.4 Å². The van der Waals surface area contributed by atoms with Gasteiger partial charge in [0, 0.05) is 30.6 Å². The lowest BCUT2D eigenvalue weighted by molar-refractivity contribution is -0.109. The fraction of sp³-hybridized carbons (Fsp3) is 0.529. The summed E-state index contributed by atoms with van der Waals surface area (Å²) in [5.41, 5.74) is 1.90. The Balaban J connectivity index is 1.24. The maximum Gasteiger partial charge on any atom is 0.319 e. The summed E-state index contributed by atoms with van der Waals surface area (Å²) in [6, 6.07) is 3.61. The molecular weight excluding hydrogens is 292 g/mol. The first-order chi connectivity index (χ1) is 11.2. The van der Waals surface area contributed by atoms with Crippen molar-refractivity contribution < 1.29 is 9.53 Å². The van der Waals surface area contributed by atoms with Gasteiger partial charge in [-0.3, -0.25) is 0 Å². The van der Waals surface area contributed by atoms with E-state index in [4.69, 9.17) is 4.74 Å². The van der Waals surface area contributed by atoms with E-state index in [2.05, 4.69) is 15.6 Å². The third-order valence-electron chi connectivity index (χ3n) is 6.07. The van der Waals surface area contributed by atoms with Crippen LogP contribution in [0, 0.1) is 11.3 Å². The Labute approximate surface area is 134 Å². The zero-order valence-electron chi connectivity index (χ0n) is 12.9. The van der Waals surface area contributed by atoms with Crippen molar-refractivity contribution in [3.63, 3.8) is 0 Å². The van der Waals surface area contributed by atoms with E-state index in [1.165, 1.54) is 12.8 Å². The number of hydrogen-bond acceptors (Lipinski definition) is 3. The highest BCUT2D eigenvalue weighted by Gasteiger charge is 2.73. The first-order valence-electron chi connectivity index (χ1n) is 8.32. The minimum atomic E-state index is -0.147. The van der Waals surface area contributed by atoms with Gasteiger partial charge in [-0.15, -0.1) is 0 Å². The number of imidazole rings is 1. The van der Waals surface area contributed by atoms with Gasteiger partial charge >= 0.3 is 6.03 Å². The number of pyridine rings is 1. The largest absolute Gasteiger partial charge is 0.374 e. The molecule has 1 saturated heterocycles. The zero-order valence-corrected chi connectivity index (χ0v) is 12.9. The molecule has 23 heavy (non-hydrogen) atoms. The number of carbonyl (C=O) groups excluding carboxylic acids is 1. The number of hydrogen-bond donors (Lipinski definition) is 2. The van der Waals surface area contributed by atoms with Crippen LogP contribution >= 0.6 is 0 Å². The van der Waals surface area contributed by atoms with Crippen molar-refractivity contribution in [3.05, 3.63) is 30.7 Å². The smallest absolute Gasteiger partial charge is 0.319 e. The maximum absolute atomic E-state index is 12.2. The van der Waals surface area contributed by atoms with Crippen LogP contribution in [0.5, 0.6) is 0 Å². The first-order valence-corrected chi connectivity index (χ1v) is 8.32. The number of ether oxygens (including phenoxy) is 1. The molecule has 1 spiro atoms. The molecular formula is C17H20N4O2. The van der Waals surface area contributed by atoms with E-state index >= 15 is 0 Å². The minimum absolute atomic E-state index is 0.0701. The van der Waals surface area contributed by atoms with E-state index in [1.807, 2.05) is 28.9 Å². The molecule has 6 heteroatoms. The minimum Gasteiger partial charge on any atom is -0.374 e. The van der Waals surface area contributed by atoms with E-state index in [1.54, 1.807) is 6.20 Å². The molecule has 0 aromatic carbocycles. The monoisotopic (exact) mass is 312 g/mol. The van der Waals surface area contributed by atoms with Gasteiger partial charge in [-0.1, -0.05) is 0 Å². The number of rotatable bonds is 3. The quantitative estimate of drug-likeness (QED) is 0.914. The van der Waals surface area contributed by atoms with Crippen molar-refractivity contribution in [2.45, 2.75) is 31.3 Å². The normalized spacial score (nSPS) is 30.0. The second kappa shape index (κ2) is 4.47. The Morgan fingerprint density at radius 3 is 3.13 bits per heavy atom. The van der Waals surface area contributed by atoms with Crippen LogP contribution in [0.1, 0.15) is 25.7 Å². The van der Waals surface area contributed by atoms with Gasteiger partial charge < -0.3 is 19.8 Å². The lowest BCUT2D eigenvalue weighted by Gasteiger charge is -2.45. The number of amides is 2.